The van der Waals surface area contributed by atoms with Crippen LogP contribution in [-0.2, 0) is 49.3 Å². The zero-order valence-corrected chi connectivity index (χ0v) is 29.7. The second-order valence-electron chi connectivity index (χ2n) is 11.3. The van der Waals surface area contributed by atoms with Crippen LogP contribution in [0.15, 0.2) is 141 Å². The van der Waals surface area contributed by atoms with Crippen molar-refractivity contribution in [2.45, 2.75) is 36.3 Å². The van der Waals surface area contributed by atoms with Crippen LogP contribution in [0, 0.1) is 0 Å². The summed E-state index contributed by atoms with van der Waals surface area (Å²) >= 11 is 6.02. The molecule has 2 N–H and O–H groups in total. The smallest absolute Gasteiger partial charge is 0.255 e. The minimum Gasteiger partial charge on any atom is -0.459 e. The number of hydrogen-bond donors (Lipinski definition) is 2. The molecule has 1 aromatic heterocycles. The van der Waals surface area contributed by atoms with Gasteiger partial charge in [0.25, 0.3) is 5.91 Å². The van der Waals surface area contributed by atoms with Gasteiger partial charge in [-0.3, -0.25) is 9.59 Å². The predicted octanol–water partition coefficient (Wildman–Crippen LogP) is 5.62. The van der Waals surface area contributed by atoms with Gasteiger partial charge < -0.3 is 9.73 Å². The van der Waals surface area contributed by atoms with Gasteiger partial charge in [-0.1, -0.05) is 72.3 Å². The monoisotopic (exact) mass is 747 g/mol. The Morgan fingerprint density at radius 2 is 1.27 bits per heavy atom. The Balaban J connectivity index is 1.28. The van der Waals surface area contributed by atoms with Crippen LogP contribution in [0.4, 0.5) is 5.69 Å². The molecular weight excluding hydrogens is 714 g/mol. The molecule has 12 nitrogen and oxygen atoms in total. The number of carbonyl (C=O) groups is 2. The Hall–Kier alpha value is -5.12. The lowest BCUT2D eigenvalue weighted by Crippen LogP contribution is -2.39. The summed E-state index contributed by atoms with van der Waals surface area (Å²) in [6.07, 6.45) is 1.23. The summed E-state index contributed by atoms with van der Waals surface area (Å²) in [4.78, 5) is 24.4. The lowest BCUT2D eigenvalue weighted by atomic mass is 10.2. The van der Waals surface area contributed by atoms with E-state index < -0.39 is 32.5 Å². The number of rotatable bonds is 15. The van der Waals surface area contributed by atoms with Crippen LogP contribution in [-0.4, -0.2) is 50.0 Å². The van der Waals surface area contributed by atoms with Crippen LogP contribution in [0.25, 0.3) is 0 Å². The highest BCUT2D eigenvalue weighted by Gasteiger charge is 2.28. The fraction of sp³-hybridized carbons (Fsp3) is 0.139. The van der Waals surface area contributed by atoms with E-state index in [0.717, 1.165) is 9.87 Å². The third kappa shape index (κ3) is 10.2. The van der Waals surface area contributed by atoms with Crippen molar-refractivity contribution in [3.05, 3.63) is 149 Å². The van der Waals surface area contributed by atoms with Gasteiger partial charge in [-0.25, -0.2) is 22.3 Å². The molecule has 0 spiro atoms. The first-order chi connectivity index (χ1) is 24.4. The van der Waals surface area contributed by atoms with Crippen LogP contribution in [0.5, 0.6) is 0 Å². The zero-order chi connectivity index (χ0) is 36.4. The van der Waals surface area contributed by atoms with E-state index in [1.54, 1.807) is 84.9 Å². The van der Waals surface area contributed by atoms with E-state index in [0.29, 0.717) is 22.0 Å². The summed E-state index contributed by atoms with van der Waals surface area (Å²) in [6.45, 7) is 0.653. The third-order valence-corrected chi connectivity index (χ3v) is 11.2. The van der Waals surface area contributed by atoms with Gasteiger partial charge in [0.2, 0.25) is 26.0 Å². The molecule has 51 heavy (non-hydrogen) atoms. The summed E-state index contributed by atoms with van der Waals surface area (Å²) in [7, 11) is -8.07. The normalized spacial score (nSPS) is 12.0. The summed E-state index contributed by atoms with van der Waals surface area (Å²) in [5.74, 6) is -0.468. The van der Waals surface area contributed by atoms with Crippen LogP contribution < -0.4 is 10.7 Å². The molecule has 0 radical (unpaired) electrons. The second kappa shape index (κ2) is 16.7. The molecule has 2 amide bonds. The van der Waals surface area contributed by atoms with Crippen molar-refractivity contribution < 1.29 is 30.8 Å². The molecule has 0 atom stereocenters. The molecule has 5 rings (SSSR count). The lowest BCUT2D eigenvalue weighted by Gasteiger charge is -2.21. The first kappa shape index (κ1) is 37.1. The molecular formula is C36H34ClN5O7S2. The van der Waals surface area contributed by atoms with Gasteiger partial charge in [-0.15, -0.1) is 0 Å². The van der Waals surface area contributed by atoms with Crippen LogP contribution in [0.2, 0.25) is 5.02 Å². The average Bonchev–Trinajstić information content (AvgIpc) is 3.56. The molecule has 0 aliphatic heterocycles. The van der Waals surface area contributed by atoms with Crippen molar-refractivity contribution in [3.8, 4) is 0 Å². The van der Waals surface area contributed by atoms with Gasteiger partial charge in [0.1, 0.15) is 11.5 Å². The van der Waals surface area contributed by atoms with E-state index in [-0.39, 0.29) is 41.1 Å². The summed E-state index contributed by atoms with van der Waals surface area (Å²) in [5.41, 5.74) is 4.15. The number of furan rings is 1. The molecule has 0 fully saturated rings. The molecule has 5 aromatic rings. The van der Waals surface area contributed by atoms with Gasteiger partial charge in [0, 0.05) is 30.7 Å². The standard InChI is InChI=1S/C36H34ClN5O7S2/c1-27(43)39-31-16-20-35(21-17-31)51(47,48)42(23-28-8-4-2-5-9-28)26-36(44)40-38-22-32-18-19-33(49-32)25-41(24-29-12-14-30(37)15-13-29)50(45,46)34-10-6-3-7-11-34/h2-22H,23-26H2,1H3,(H,39,43)(H,40,44)/b38-22-. The van der Waals surface area contributed by atoms with E-state index in [2.05, 4.69) is 15.8 Å². The van der Waals surface area contributed by atoms with Gasteiger partial charge in [0.15, 0.2) is 0 Å². The van der Waals surface area contributed by atoms with E-state index in [1.807, 2.05) is 0 Å². The van der Waals surface area contributed by atoms with E-state index >= 15 is 0 Å². The molecule has 0 aliphatic carbocycles. The van der Waals surface area contributed by atoms with Gasteiger partial charge >= 0.3 is 0 Å². The molecule has 0 unspecified atom stereocenters. The summed E-state index contributed by atoms with van der Waals surface area (Å²) < 4.78 is 62.6. The maximum absolute atomic E-state index is 13.6. The van der Waals surface area contributed by atoms with Crippen LogP contribution in [0.3, 0.4) is 0 Å². The molecule has 4 aromatic carbocycles. The van der Waals surface area contributed by atoms with E-state index in [1.165, 1.54) is 53.8 Å². The van der Waals surface area contributed by atoms with Crippen molar-refractivity contribution in [2.75, 3.05) is 11.9 Å². The maximum atomic E-state index is 13.6. The molecule has 15 heteroatoms. The quantitative estimate of drug-likeness (QED) is 0.104. The van der Waals surface area contributed by atoms with Gasteiger partial charge in [-0.2, -0.15) is 13.7 Å². The molecule has 264 valence electrons. The van der Waals surface area contributed by atoms with Crippen molar-refractivity contribution in [1.29, 1.82) is 0 Å². The van der Waals surface area contributed by atoms with Crippen LogP contribution >= 0.6 is 11.6 Å². The first-order valence-electron chi connectivity index (χ1n) is 15.5. The second-order valence-corrected chi connectivity index (χ2v) is 15.6. The molecule has 0 bridgehead atoms. The first-order valence-corrected chi connectivity index (χ1v) is 18.8. The number of hydrazone groups is 1. The minimum atomic E-state index is -4.15. The van der Waals surface area contributed by atoms with Crippen molar-refractivity contribution >= 4 is 55.4 Å². The Morgan fingerprint density at radius 1 is 0.706 bits per heavy atom. The average molecular weight is 748 g/mol. The minimum absolute atomic E-state index is 0.0520. The number of carbonyl (C=O) groups excluding carboxylic acids is 2. The zero-order valence-electron chi connectivity index (χ0n) is 27.3. The number of benzene rings is 4. The van der Waals surface area contributed by atoms with Gasteiger partial charge in [-0.05, 0) is 71.8 Å². The number of halogens is 1. The molecule has 0 saturated heterocycles. The third-order valence-electron chi connectivity index (χ3n) is 7.38. The number of sulfonamides is 2. The highest BCUT2D eigenvalue weighted by atomic mass is 35.5. The van der Waals surface area contributed by atoms with Crippen LogP contribution in [0.1, 0.15) is 29.6 Å². The Labute approximate surface area is 301 Å². The number of anilines is 1. The Bertz CT molecular complexity index is 2200. The van der Waals surface area contributed by atoms with Crippen molar-refractivity contribution in [2.24, 2.45) is 5.10 Å². The Kier molecular flexibility index (Phi) is 12.2. The number of nitrogens with zero attached hydrogens (tertiary/aromatic N) is 3. The van der Waals surface area contributed by atoms with Crippen molar-refractivity contribution in [1.82, 2.24) is 14.0 Å². The van der Waals surface area contributed by atoms with E-state index in [4.69, 9.17) is 16.0 Å². The van der Waals surface area contributed by atoms with Crippen molar-refractivity contribution in [3.63, 3.8) is 0 Å². The SMILES string of the molecule is CC(=O)Nc1ccc(S(=O)(=O)N(CC(=O)N/N=C\c2ccc(CN(Cc3ccc(Cl)cc3)S(=O)(=O)c3ccccc3)o2)Cc2ccccc2)cc1. The van der Waals surface area contributed by atoms with Gasteiger partial charge in [0.05, 0.1) is 29.1 Å². The Morgan fingerprint density at radius 3 is 1.92 bits per heavy atom. The fourth-order valence-electron chi connectivity index (χ4n) is 4.92. The lowest BCUT2D eigenvalue weighted by molar-refractivity contribution is -0.121. The number of hydrogen-bond acceptors (Lipinski definition) is 8. The molecule has 0 aliphatic rings. The topological polar surface area (TPSA) is 158 Å². The fourth-order valence-corrected chi connectivity index (χ4v) is 7.85. The highest BCUT2D eigenvalue weighted by Crippen LogP contribution is 2.23. The number of amides is 2. The molecule has 1 heterocycles. The van der Waals surface area contributed by atoms with E-state index in [9.17, 15) is 26.4 Å². The molecule has 0 saturated carbocycles. The largest absolute Gasteiger partial charge is 0.459 e. The predicted molar refractivity (Wildman–Crippen MR) is 194 cm³/mol. The summed E-state index contributed by atoms with van der Waals surface area (Å²) in [5, 5.41) is 7.05. The summed E-state index contributed by atoms with van der Waals surface area (Å²) in [6, 6.07) is 32.5. The highest BCUT2D eigenvalue weighted by molar-refractivity contribution is 7.89. The maximum Gasteiger partial charge on any atom is 0.255 e. The number of nitrogens with one attached hydrogen (secondary N) is 2.